The number of rotatable bonds is 2. The fourth-order valence-electron chi connectivity index (χ4n) is 1.68. The number of amides is 1. The van der Waals surface area contributed by atoms with E-state index in [1.165, 1.54) is 0 Å². The fraction of sp³-hybridized carbons (Fsp3) is 0.900. The van der Waals surface area contributed by atoms with Gasteiger partial charge in [-0.25, -0.2) is 0 Å². The highest BCUT2D eigenvalue weighted by Gasteiger charge is 2.45. The molecule has 0 bridgehead atoms. The lowest BCUT2D eigenvalue weighted by molar-refractivity contribution is -0.140. The van der Waals surface area contributed by atoms with Crippen molar-refractivity contribution >= 4 is 5.91 Å². The van der Waals surface area contributed by atoms with E-state index >= 15 is 0 Å². The van der Waals surface area contributed by atoms with Crippen molar-refractivity contribution in [3.8, 4) is 0 Å². The van der Waals surface area contributed by atoms with Gasteiger partial charge in [0, 0.05) is 12.1 Å². The predicted molar refractivity (Wildman–Crippen MR) is 49.4 cm³/mol. The van der Waals surface area contributed by atoms with E-state index < -0.39 is 5.60 Å². The van der Waals surface area contributed by atoms with Crippen LogP contribution < -0.4 is 5.32 Å². The Labute approximate surface area is 78.8 Å². The highest BCUT2D eigenvalue weighted by atomic mass is 16.5. The molecular formula is C10H17NO2. The molecule has 1 saturated heterocycles. The summed E-state index contributed by atoms with van der Waals surface area (Å²) in [5.74, 6) is 0.0741. The Morgan fingerprint density at radius 3 is 2.46 bits per heavy atom. The first-order valence-corrected chi connectivity index (χ1v) is 5.01. The summed E-state index contributed by atoms with van der Waals surface area (Å²) in [5, 5.41) is 3.05. The molecule has 1 N–H and O–H groups in total. The van der Waals surface area contributed by atoms with E-state index in [4.69, 9.17) is 4.74 Å². The quantitative estimate of drug-likeness (QED) is 0.699. The molecule has 0 spiro atoms. The molecule has 2 fully saturated rings. The average Bonchev–Trinajstić information content (AvgIpc) is 2.63. The summed E-state index contributed by atoms with van der Waals surface area (Å²) in [4.78, 5) is 11.8. The summed E-state index contributed by atoms with van der Waals surface area (Å²) >= 11 is 0. The van der Waals surface area contributed by atoms with Crippen LogP contribution in [-0.4, -0.2) is 23.7 Å². The minimum absolute atomic E-state index is 0.0741. The number of carbonyl (C=O) groups excluding carboxylic acids is 1. The lowest BCUT2D eigenvalue weighted by Gasteiger charge is -2.24. The lowest BCUT2D eigenvalue weighted by Crippen LogP contribution is -2.48. The predicted octanol–water partition coefficient (Wildman–Crippen LogP) is 1.22. The van der Waals surface area contributed by atoms with E-state index in [1.807, 2.05) is 6.92 Å². The van der Waals surface area contributed by atoms with Crippen molar-refractivity contribution in [2.24, 2.45) is 0 Å². The smallest absolute Gasteiger partial charge is 0.252 e. The normalized spacial score (nSPS) is 35.8. The molecule has 1 aliphatic heterocycles. The topological polar surface area (TPSA) is 38.3 Å². The Kier molecular flexibility index (Phi) is 1.88. The molecule has 1 amide bonds. The maximum atomic E-state index is 11.8. The molecule has 2 aliphatic rings. The maximum absolute atomic E-state index is 11.8. The summed E-state index contributed by atoms with van der Waals surface area (Å²) in [7, 11) is 0. The minimum atomic E-state index is -0.550. The lowest BCUT2D eigenvalue weighted by atomic mass is 10.0. The maximum Gasteiger partial charge on any atom is 0.252 e. The first-order chi connectivity index (χ1) is 6.04. The van der Waals surface area contributed by atoms with E-state index in [2.05, 4.69) is 12.2 Å². The van der Waals surface area contributed by atoms with Gasteiger partial charge in [0.05, 0.1) is 0 Å². The largest absolute Gasteiger partial charge is 0.365 e. The van der Waals surface area contributed by atoms with Crippen LogP contribution in [0.5, 0.6) is 0 Å². The molecule has 3 heteroatoms. The Balaban J connectivity index is 1.95. The molecule has 1 saturated carbocycles. The first-order valence-electron chi connectivity index (χ1n) is 5.01. The number of nitrogens with one attached hydrogen (secondary N) is 1. The Morgan fingerprint density at radius 1 is 1.31 bits per heavy atom. The molecule has 0 aromatic heterocycles. The zero-order valence-corrected chi connectivity index (χ0v) is 8.35. The molecule has 0 radical (unpaired) electrons. The second-order valence-corrected chi connectivity index (χ2v) is 4.70. The van der Waals surface area contributed by atoms with Crippen LogP contribution in [0.25, 0.3) is 0 Å². The Bertz CT molecular complexity index is 227. The van der Waals surface area contributed by atoms with Gasteiger partial charge in [-0.15, -0.1) is 0 Å². The van der Waals surface area contributed by atoms with Gasteiger partial charge in [-0.3, -0.25) is 4.79 Å². The van der Waals surface area contributed by atoms with E-state index in [1.54, 1.807) is 0 Å². The molecule has 3 nitrogen and oxygen atoms in total. The van der Waals surface area contributed by atoms with Crippen molar-refractivity contribution in [1.82, 2.24) is 5.32 Å². The molecule has 0 aromatic carbocycles. The molecule has 1 heterocycles. The molecule has 1 atom stereocenters. The number of hydrogen-bond donors (Lipinski definition) is 1. The average molecular weight is 183 g/mol. The summed E-state index contributed by atoms with van der Waals surface area (Å²) in [6.45, 7) is 4.70. The van der Waals surface area contributed by atoms with Gasteiger partial charge in [0.25, 0.3) is 5.91 Å². The van der Waals surface area contributed by atoms with Crippen molar-refractivity contribution in [3.63, 3.8) is 0 Å². The minimum Gasteiger partial charge on any atom is -0.365 e. The van der Waals surface area contributed by atoms with Crippen LogP contribution in [-0.2, 0) is 9.53 Å². The summed E-state index contributed by atoms with van der Waals surface area (Å²) < 4.78 is 5.46. The van der Waals surface area contributed by atoms with Crippen molar-refractivity contribution in [3.05, 3.63) is 0 Å². The van der Waals surface area contributed by atoms with Gasteiger partial charge in [0.2, 0.25) is 0 Å². The van der Waals surface area contributed by atoms with Gasteiger partial charge in [0.1, 0.15) is 5.60 Å². The van der Waals surface area contributed by atoms with Gasteiger partial charge in [-0.1, -0.05) is 0 Å². The third-order valence-electron chi connectivity index (χ3n) is 3.11. The van der Waals surface area contributed by atoms with Crippen molar-refractivity contribution in [1.29, 1.82) is 0 Å². The summed E-state index contributed by atoms with van der Waals surface area (Å²) in [6, 6.07) is 0. The van der Waals surface area contributed by atoms with Gasteiger partial charge < -0.3 is 10.1 Å². The van der Waals surface area contributed by atoms with Crippen molar-refractivity contribution in [2.45, 2.75) is 50.7 Å². The van der Waals surface area contributed by atoms with E-state index in [0.29, 0.717) is 0 Å². The van der Waals surface area contributed by atoms with Crippen molar-refractivity contribution < 1.29 is 9.53 Å². The Hall–Kier alpha value is -0.570. The molecule has 74 valence electrons. The van der Waals surface area contributed by atoms with E-state index in [-0.39, 0.29) is 11.4 Å². The van der Waals surface area contributed by atoms with Crippen LogP contribution in [0.4, 0.5) is 0 Å². The molecular weight excluding hydrogens is 166 g/mol. The standard InChI is InChI=1S/C10H17NO2/c1-9(5-6-9)11-8(12)10(2)4-3-7-13-10/h3-7H2,1-2H3,(H,11,12). The molecule has 1 aliphatic carbocycles. The molecule has 1 unspecified atom stereocenters. The molecule has 13 heavy (non-hydrogen) atoms. The zero-order valence-electron chi connectivity index (χ0n) is 8.35. The van der Waals surface area contributed by atoms with E-state index in [0.717, 1.165) is 32.3 Å². The zero-order chi connectivity index (χ0) is 9.53. The van der Waals surface area contributed by atoms with Gasteiger partial charge in [-0.2, -0.15) is 0 Å². The summed E-state index contributed by atoms with van der Waals surface area (Å²) in [5.41, 5.74) is -0.475. The van der Waals surface area contributed by atoms with Crippen LogP contribution in [0, 0.1) is 0 Å². The SMILES string of the molecule is CC1(NC(=O)C2(C)CCCO2)CC1. The van der Waals surface area contributed by atoms with Gasteiger partial charge in [0.15, 0.2) is 0 Å². The molecule has 2 rings (SSSR count). The van der Waals surface area contributed by atoms with Crippen LogP contribution in [0.2, 0.25) is 0 Å². The van der Waals surface area contributed by atoms with Gasteiger partial charge >= 0.3 is 0 Å². The van der Waals surface area contributed by atoms with Crippen LogP contribution in [0.3, 0.4) is 0 Å². The fourth-order valence-corrected chi connectivity index (χ4v) is 1.68. The Morgan fingerprint density at radius 2 is 2.00 bits per heavy atom. The third-order valence-corrected chi connectivity index (χ3v) is 3.11. The van der Waals surface area contributed by atoms with E-state index in [9.17, 15) is 4.79 Å². The number of ether oxygens (including phenoxy) is 1. The van der Waals surface area contributed by atoms with Crippen LogP contribution >= 0.6 is 0 Å². The van der Waals surface area contributed by atoms with Crippen LogP contribution in [0.1, 0.15) is 39.5 Å². The number of hydrogen-bond acceptors (Lipinski definition) is 2. The second-order valence-electron chi connectivity index (χ2n) is 4.70. The van der Waals surface area contributed by atoms with Gasteiger partial charge in [-0.05, 0) is 39.5 Å². The van der Waals surface area contributed by atoms with Crippen molar-refractivity contribution in [2.75, 3.05) is 6.61 Å². The highest BCUT2D eigenvalue weighted by Crippen LogP contribution is 2.36. The number of carbonyl (C=O) groups is 1. The first kappa shape index (κ1) is 9.00. The highest BCUT2D eigenvalue weighted by molar-refractivity contribution is 5.86. The second kappa shape index (κ2) is 2.71. The monoisotopic (exact) mass is 183 g/mol. The van der Waals surface area contributed by atoms with Crippen LogP contribution in [0.15, 0.2) is 0 Å². The third kappa shape index (κ3) is 1.70. The summed E-state index contributed by atoms with van der Waals surface area (Å²) in [6.07, 6.45) is 4.07. The molecule has 0 aromatic rings.